The minimum Gasteiger partial charge on any atom is -0.365 e. The molecule has 1 aromatic carbocycles. The van der Waals surface area contributed by atoms with Crippen LogP contribution in [0.5, 0.6) is 0 Å². The van der Waals surface area contributed by atoms with E-state index < -0.39 is 0 Å². The Kier molecular flexibility index (Phi) is 3.72. The van der Waals surface area contributed by atoms with Crippen LogP contribution in [0.15, 0.2) is 53.3 Å². The van der Waals surface area contributed by atoms with Crippen molar-refractivity contribution in [2.45, 2.75) is 19.3 Å². The lowest BCUT2D eigenvalue weighted by molar-refractivity contribution is -0.00120. The van der Waals surface area contributed by atoms with Crippen molar-refractivity contribution in [2.75, 3.05) is 0 Å². The Morgan fingerprint density at radius 2 is 1.89 bits per heavy atom. The standard InChI is InChI=1S/C18H13FN6O2/c19-13-3-1-11(2-4-13)15-9-25-14(10-26-15)16(22-24-25)18-21-17(23-27-18)12-5-7-20-8-6-12/h1-8,15H,9-10H2. The van der Waals surface area contributed by atoms with Crippen LogP contribution < -0.4 is 0 Å². The van der Waals surface area contributed by atoms with Gasteiger partial charge in [-0.05, 0) is 29.8 Å². The van der Waals surface area contributed by atoms with E-state index >= 15 is 0 Å². The van der Waals surface area contributed by atoms with Crippen LogP contribution in [0.3, 0.4) is 0 Å². The van der Waals surface area contributed by atoms with Crippen LogP contribution in [-0.4, -0.2) is 30.1 Å². The number of nitrogens with zero attached hydrogens (tertiary/aromatic N) is 6. The predicted molar refractivity (Wildman–Crippen MR) is 90.5 cm³/mol. The number of aromatic nitrogens is 6. The van der Waals surface area contributed by atoms with Crippen LogP contribution in [0.2, 0.25) is 0 Å². The van der Waals surface area contributed by atoms with Crippen LogP contribution in [0, 0.1) is 5.82 Å². The highest BCUT2D eigenvalue weighted by molar-refractivity contribution is 5.58. The number of pyridine rings is 1. The van der Waals surface area contributed by atoms with Crippen LogP contribution >= 0.6 is 0 Å². The molecule has 27 heavy (non-hydrogen) atoms. The van der Waals surface area contributed by atoms with E-state index in [-0.39, 0.29) is 24.4 Å². The number of ether oxygens (including phenoxy) is 1. The van der Waals surface area contributed by atoms with Crippen molar-refractivity contribution in [2.24, 2.45) is 0 Å². The summed E-state index contributed by atoms with van der Waals surface area (Å²) in [6.45, 7) is 0.761. The fourth-order valence-corrected chi connectivity index (χ4v) is 2.99. The molecule has 0 N–H and O–H groups in total. The van der Waals surface area contributed by atoms with E-state index in [2.05, 4.69) is 25.4 Å². The second kappa shape index (κ2) is 6.36. The number of hydrogen-bond donors (Lipinski definition) is 0. The van der Waals surface area contributed by atoms with Crippen LogP contribution in [-0.2, 0) is 17.9 Å². The van der Waals surface area contributed by atoms with Gasteiger partial charge in [0.05, 0.1) is 18.8 Å². The molecule has 0 amide bonds. The lowest BCUT2D eigenvalue weighted by Gasteiger charge is -2.24. The van der Waals surface area contributed by atoms with Gasteiger partial charge in [-0.25, -0.2) is 9.07 Å². The van der Waals surface area contributed by atoms with Gasteiger partial charge in [0.15, 0.2) is 5.69 Å². The average molecular weight is 364 g/mol. The van der Waals surface area contributed by atoms with Crippen LogP contribution in [0.25, 0.3) is 23.0 Å². The van der Waals surface area contributed by atoms with E-state index in [1.807, 2.05) is 0 Å². The van der Waals surface area contributed by atoms with Gasteiger partial charge < -0.3 is 9.26 Å². The van der Waals surface area contributed by atoms with Gasteiger partial charge in [-0.1, -0.05) is 22.5 Å². The molecule has 1 aliphatic rings. The maximum atomic E-state index is 13.1. The van der Waals surface area contributed by atoms with Crippen LogP contribution in [0.1, 0.15) is 17.4 Å². The lowest BCUT2D eigenvalue weighted by Crippen LogP contribution is -2.22. The van der Waals surface area contributed by atoms with Gasteiger partial charge in [-0.3, -0.25) is 4.98 Å². The molecule has 0 saturated carbocycles. The Morgan fingerprint density at radius 1 is 1.07 bits per heavy atom. The molecule has 1 atom stereocenters. The Balaban J connectivity index is 1.42. The summed E-state index contributed by atoms with van der Waals surface area (Å²) in [5.41, 5.74) is 2.95. The normalized spacial score (nSPS) is 16.3. The number of hydrogen-bond acceptors (Lipinski definition) is 7. The van der Waals surface area contributed by atoms with Crippen molar-refractivity contribution < 1.29 is 13.7 Å². The highest BCUT2D eigenvalue weighted by Crippen LogP contribution is 2.30. The highest BCUT2D eigenvalue weighted by atomic mass is 19.1. The van der Waals surface area contributed by atoms with Gasteiger partial charge in [-0.2, -0.15) is 4.98 Å². The summed E-state index contributed by atoms with van der Waals surface area (Å²) in [6.07, 6.45) is 3.10. The second-order valence-corrected chi connectivity index (χ2v) is 6.08. The topological polar surface area (TPSA) is 91.8 Å². The zero-order valence-corrected chi connectivity index (χ0v) is 14.0. The van der Waals surface area contributed by atoms with Crippen molar-refractivity contribution >= 4 is 0 Å². The first-order valence-electron chi connectivity index (χ1n) is 8.32. The van der Waals surface area contributed by atoms with E-state index in [4.69, 9.17) is 9.26 Å². The third-order valence-electron chi connectivity index (χ3n) is 4.41. The van der Waals surface area contributed by atoms with Crippen molar-refractivity contribution in [1.29, 1.82) is 0 Å². The van der Waals surface area contributed by atoms with Crippen LogP contribution in [0.4, 0.5) is 4.39 Å². The lowest BCUT2D eigenvalue weighted by atomic mass is 10.1. The fraction of sp³-hybridized carbons (Fsp3) is 0.167. The molecule has 4 heterocycles. The summed E-state index contributed by atoms with van der Waals surface area (Å²) in [5.74, 6) is 0.460. The molecule has 0 bridgehead atoms. The predicted octanol–water partition coefficient (Wildman–Crippen LogP) is 2.80. The summed E-state index contributed by atoms with van der Waals surface area (Å²) in [5, 5.41) is 12.4. The third kappa shape index (κ3) is 2.87. The molecule has 134 valence electrons. The SMILES string of the molecule is Fc1ccc(C2Cn3nnc(-c4nc(-c5ccncc5)no4)c3CO2)cc1. The van der Waals surface area contributed by atoms with Gasteiger partial charge in [-0.15, -0.1) is 5.10 Å². The van der Waals surface area contributed by atoms with E-state index in [1.54, 1.807) is 41.3 Å². The Hall–Kier alpha value is -3.46. The Labute approximate surface area is 152 Å². The summed E-state index contributed by atoms with van der Waals surface area (Å²) in [4.78, 5) is 8.37. The van der Waals surface area contributed by atoms with Crippen molar-refractivity contribution in [3.8, 4) is 23.0 Å². The smallest absolute Gasteiger partial charge is 0.280 e. The van der Waals surface area contributed by atoms with Gasteiger partial charge in [0, 0.05) is 18.0 Å². The molecule has 8 nitrogen and oxygen atoms in total. The fourth-order valence-electron chi connectivity index (χ4n) is 2.99. The zero-order valence-electron chi connectivity index (χ0n) is 14.0. The largest absolute Gasteiger partial charge is 0.365 e. The molecule has 0 radical (unpaired) electrons. The molecule has 0 aliphatic carbocycles. The molecule has 4 aromatic rings. The quantitative estimate of drug-likeness (QED) is 0.552. The monoisotopic (exact) mass is 364 g/mol. The summed E-state index contributed by atoms with van der Waals surface area (Å²) >= 11 is 0. The second-order valence-electron chi connectivity index (χ2n) is 6.08. The minimum absolute atomic E-state index is 0.220. The number of fused-ring (bicyclic) bond motifs is 1. The molecule has 1 aliphatic heterocycles. The molecular weight excluding hydrogens is 351 g/mol. The zero-order chi connectivity index (χ0) is 18.2. The minimum atomic E-state index is -0.278. The highest BCUT2D eigenvalue weighted by Gasteiger charge is 2.28. The van der Waals surface area contributed by atoms with Crippen molar-refractivity contribution in [3.05, 3.63) is 65.9 Å². The van der Waals surface area contributed by atoms with Gasteiger partial charge in [0.1, 0.15) is 11.9 Å². The first kappa shape index (κ1) is 15.8. The molecule has 3 aromatic heterocycles. The van der Waals surface area contributed by atoms with Gasteiger partial charge in [0.25, 0.3) is 5.89 Å². The van der Waals surface area contributed by atoms with Crippen molar-refractivity contribution in [3.63, 3.8) is 0 Å². The molecule has 0 spiro atoms. The first-order chi connectivity index (χ1) is 13.3. The first-order valence-corrected chi connectivity index (χ1v) is 8.32. The molecule has 0 fully saturated rings. The molecular formula is C18H13FN6O2. The summed E-state index contributed by atoms with van der Waals surface area (Å²) < 4.78 is 26.1. The molecule has 5 rings (SSSR count). The van der Waals surface area contributed by atoms with E-state index in [0.717, 1.165) is 16.8 Å². The molecule has 0 saturated heterocycles. The van der Waals surface area contributed by atoms with E-state index in [0.29, 0.717) is 18.1 Å². The Bertz CT molecular complexity index is 1080. The maximum Gasteiger partial charge on any atom is 0.280 e. The average Bonchev–Trinajstić information content (AvgIpc) is 3.36. The molecule has 1 unspecified atom stereocenters. The number of rotatable bonds is 3. The maximum absolute atomic E-state index is 13.1. The number of halogens is 1. The summed E-state index contributed by atoms with van der Waals surface area (Å²) in [6, 6.07) is 9.85. The Morgan fingerprint density at radius 3 is 2.70 bits per heavy atom. The summed E-state index contributed by atoms with van der Waals surface area (Å²) in [7, 11) is 0. The van der Waals surface area contributed by atoms with Crippen molar-refractivity contribution in [1.82, 2.24) is 30.1 Å². The van der Waals surface area contributed by atoms with E-state index in [1.165, 1.54) is 12.1 Å². The number of benzene rings is 1. The van der Waals surface area contributed by atoms with Gasteiger partial charge >= 0.3 is 0 Å². The van der Waals surface area contributed by atoms with E-state index in [9.17, 15) is 4.39 Å². The third-order valence-corrected chi connectivity index (χ3v) is 4.41. The van der Waals surface area contributed by atoms with Gasteiger partial charge in [0.2, 0.25) is 5.82 Å². The molecule has 9 heteroatoms.